The minimum atomic E-state index is -0.120. The van der Waals surface area contributed by atoms with E-state index >= 15 is 0 Å². The van der Waals surface area contributed by atoms with Crippen LogP contribution in [0.15, 0.2) is 24.3 Å². The Kier molecular flexibility index (Phi) is 5.04. The van der Waals surface area contributed by atoms with Gasteiger partial charge >= 0.3 is 0 Å². The second kappa shape index (κ2) is 7.06. The maximum absolute atomic E-state index is 12.4. The summed E-state index contributed by atoms with van der Waals surface area (Å²) in [6.07, 6.45) is 6.21. The van der Waals surface area contributed by atoms with Gasteiger partial charge in [0.15, 0.2) is 0 Å². The quantitative estimate of drug-likeness (QED) is 0.845. The molecule has 2 aliphatic rings. The summed E-state index contributed by atoms with van der Waals surface area (Å²) < 4.78 is 0. The number of hydrogen-bond donors (Lipinski definition) is 1. The van der Waals surface area contributed by atoms with Gasteiger partial charge in [0, 0.05) is 12.1 Å². The van der Waals surface area contributed by atoms with Gasteiger partial charge in [-0.3, -0.25) is 14.9 Å². The molecule has 1 heterocycles. The molecular formula is C20H28N2O2. The number of aldehydes is 1. The molecule has 4 heteroatoms. The van der Waals surface area contributed by atoms with E-state index in [0.29, 0.717) is 12.1 Å². The molecule has 1 aromatic rings. The van der Waals surface area contributed by atoms with Crippen LogP contribution in [-0.2, 0) is 11.2 Å². The molecular weight excluding hydrogens is 300 g/mol. The Morgan fingerprint density at radius 1 is 1.25 bits per heavy atom. The molecule has 1 saturated carbocycles. The maximum Gasteiger partial charge on any atom is 0.238 e. The van der Waals surface area contributed by atoms with Crippen LogP contribution in [0.2, 0.25) is 0 Å². The van der Waals surface area contributed by atoms with E-state index in [1.807, 2.05) is 24.3 Å². The second-order valence-electron chi connectivity index (χ2n) is 7.62. The topological polar surface area (TPSA) is 49.4 Å². The third kappa shape index (κ3) is 3.39. The molecule has 0 radical (unpaired) electrons. The van der Waals surface area contributed by atoms with Crippen molar-refractivity contribution in [1.29, 1.82) is 0 Å². The summed E-state index contributed by atoms with van der Waals surface area (Å²) in [6, 6.07) is 7.66. The third-order valence-electron chi connectivity index (χ3n) is 5.93. The number of hydrogen-bond acceptors (Lipinski definition) is 3. The molecule has 1 spiro atoms. The first kappa shape index (κ1) is 17.2. The van der Waals surface area contributed by atoms with Gasteiger partial charge in [0.05, 0.1) is 12.2 Å². The lowest BCUT2D eigenvalue weighted by atomic mass is 9.76. The van der Waals surface area contributed by atoms with Crippen molar-refractivity contribution in [2.45, 2.75) is 51.6 Å². The van der Waals surface area contributed by atoms with Crippen LogP contribution >= 0.6 is 0 Å². The van der Waals surface area contributed by atoms with Crippen LogP contribution in [0.4, 0.5) is 0 Å². The average molecular weight is 328 g/mol. The van der Waals surface area contributed by atoms with Gasteiger partial charge in [-0.1, -0.05) is 38.1 Å². The predicted molar refractivity (Wildman–Crippen MR) is 94.8 cm³/mol. The third-order valence-corrected chi connectivity index (χ3v) is 5.93. The molecule has 1 N–H and O–H groups in total. The van der Waals surface area contributed by atoms with Gasteiger partial charge in [0.2, 0.25) is 5.91 Å². The summed E-state index contributed by atoms with van der Waals surface area (Å²) in [5.74, 6) is 1.73. The van der Waals surface area contributed by atoms with E-state index in [2.05, 4.69) is 24.1 Å². The number of nitrogens with zero attached hydrogens (tertiary/aromatic N) is 1. The van der Waals surface area contributed by atoms with E-state index < -0.39 is 0 Å². The highest BCUT2D eigenvalue weighted by atomic mass is 16.2. The minimum Gasteiger partial charge on any atom is -0.323 e. The zero-order chi connectivity index (χ0) is 17.2. The summed E-state index contributed by atoms with van der Waals surface area (Å²) in [6.45, 7) is 5.82. The molecule has 130 valence electrons. The van der Waals surface area contributed by atoms with Crippen molar-refractivity contribution >= 4 is 12.2 Å². The zero-order valence-electron chi connectivity index (χ0n) is 14.8. The molecule has 24 heavy (non-hydrogen) atoms. The fourth-order valence-electron chi connectivity index (χ4n) is 4.24. The highest BCUT2D eigenvalue weighted by Crippen LogP contribution is 2.39. The number of nitrogens with one attached hydrogen (secondary N) is 1. The van der Waals surface area contributed by atoms with E-state index in [1.54, 1.807) is 0 Å². The van der Waals surface area contributed by atoms with E-state index in [0.717, 1.165) is 43.9 Å². The predicted octanol–water partition coefficient (Wildman–Crippen LogP) is 3.02. The highest BCUT2D eigenvalue weighted by Gasteiger charge is 2.46. The van der Waals surface area contributed by atoms with Crippen LogP contribution in [0.1, 0.15) is 55.5 Å². The van der Waals surface area contributed by atoms with Crippen LogP contribution in [0.25, 0.3) is 0 Å². The summed E-state index contributed by atoms with van der Waals surface area (Å²) >= 11 is 0. The number of carbonyl (C=O) groups excluding carboxylic acids is 2. The molecule has 4 nitrogen and oxygen atoms in total. The Morgan fingerprint density at radius 3 is 2.50 bits per heavy atom. The first-order valence-corrected chi connectivity index (χ1v) is 9.14. The SMILES string of the molecule is CC(C)C1CCC2(CC1)NCC(=O)N2CCc1ccc(C=O)cc1. The highest BCUT2D eigenvalue weighted by molar-refractivity contribution is 5.81. The Labute approximate surface area is 144 Å². The van der Waals surface area contributed by atoms with E-state index in [9.17, 15) is 9.59 Å². The van der Waals surface area contributed by atoms with Crippen LogP contribution in [0.3, 0.4) is 0 Å². The summed E-state index contributed by atoms with van der Waals surface area (Å²) in [5, 5.41) is 3.52. The fraction of sp³-hybridized carbons (Fsp3) is 0.600. The molecule has 0 unspecified atom stereocenters. The molecule has 0 atom stereocenters. The smallest absolute Gasteiger partial charge is 0.238 e. The van der Waals surface area contributed by atoms with Crippen LogP contribution in [0, 0.1) is 11.8 Å². The standard InChI is InChI=1S/C20H28N2O2/c1-15(2)18-7-10-20(11-8-18)21-13-19(24)22(20)12-9-16-3-5-17(14-23)6-4-16/h3-6,14-15,18,21H,7-13H2,1-2H3. The lowest BCUT2D eigenvalue weighted by molar-refractivity contribution is -0.131. The van der Waals surface area contributed by atoms with Crippen molar-refractivity contribution in [3.63, 3.8) is 0 Å². The van der Waals surface area contributed by atoms with Gasteiger partial charge in [-0.15, -0.1) is 0 Å². The van der Waals surface area contributed by atoms with E-state index in [1.165, 1.54) is 18.4 Å². The van der Waals surface area contributed by atoms with Crippen molar-refractivity contribution < 1.29 is 9.59 Å². The van der Waals surface area contributed by atoms with Crippen LogP contribution < -0.4 is 5.32 Å². The molecule has 3 rings (SSSR count). The van der Waals surface area contributed by atoms with Gasteiger partial charge < -0.3 is 4.90 Å². The van der Waals surface area contributed by atoms with Crippen molar-refractivity contribution in [3.8, 4) is 0 Å². The van der Waals surface area contributed by atoms with Gasteiger partial charge in [-0.2, -0.15) is 0 Å². The average Bonchev–Trinajstić information content (AvgIpc) is 2.89. The first-order chi connectivity index (χ1) is 11.5. The first-order valence-electron chi connectivity index (χ1n) is 9.14. The van der Waals surface area contributed by atoms with Crippen molar-refractivity contribution in [2.24, 2.45) is 11.8 Å². The Balaban J connectivity index is 1.64. The van der Waals surface area contributed by atoms with Gasteiger partial charge in [-0.25, -0.2) is 0 Å². The van der Waals surface area contributed by atoms with Crippen molar-refractivity contribution in [1.82, 2.24) is 10.2 Å². The van der Waals surface area contributed by atoms with E-state index in [4.69, 9.17) is 0 Å². The number of benzene rings is 1. The monoisotopic (exact) mass is 328 g/mol. The second-order valence-corrected chi connectivity index (χ2v) is 7.62. The molecule has 0 aromatic heterocycles. The molecule has 1 amide bonds. The van der Waals surface area contributed by atoms with Gasteiger partial charge in [0.25, 0.3) is 0 Å². The van der Waals surface area contributed by atoms with Crippen LogP contribution in [0.5, 0.6) is 0 Å². The molecule has 1 aliphatic heterocycles. The number of rotatable bonds is 5. The lowest BCUT2D eigenvalue weighted by Gasteiger charge is -2.44. The largest absolute Gasteiger partial charge is 0.323 e. The molecule has 1 saturated heterocycles. The zero-order valence-corrected chi connectivity index (χ0v) is 14.8. The number of carbonyl (C=O) groups is 2. The van der Waals surface area contributed by atoms with Gasteiger partial charge in [-0.05, 0) is 49.5 Å². The molecule has 0 bridgehead atoms. The van der Waals surface area contributed by atoms with E-state index in [-0.39, 0.29) is 11.6 Å². The molecule has 1 aromatic carbocycles. The van der Waals surface area contributed by atoms with Crippen molar-refractivity contribution in [2.75, 3.05) is 13.1 Å². The Bertz CT molecular complexity index is 586. The summed E-state index contributed by atoms with van der Waals surface area (Å²) in [4.78, 5) is 25.2. The fourth-order valence-corrected chi connectivity index (χ4v) is 4.24. The summed E-state index contributed by atoms with van der Waals surface area (Å²) in [7, 11) is 0. The van der Waals surface area contributed by atoms with Crippen LogP contribution in [-0.4, -0.2) is 35.8 Å². The number of amides is 1. The minimum absolute atomic E-state index is 0.120. The Morgan fingerprint density at radius 2 is 1.92 bits per heavy atom. The summed E-state index contributed by atoms with van der Waals surface area (Å²) in [5.41, 5.74) is 1.75. The molecule has 1 aliphatic carbocycles. The lowest BCUT2D eigenvalue weighted by Crippen LogP contribution is -2.55. The van der Waals surface area contributed by atoms with Crippen molar-refractivity contribution in [3.05, 3.63) is 35.4 Å². The normalized spacial score (nSPS) is 27.2. The molecule has 2 fully saturated rings. The maximum atomic E-state index is 12.4. The Hall–Kier alpha value is -1.68. The van der Waals surface area contributed by atoms with Gasteiger partial charge in [0.1, 0.15) is 6.29 Å².